The molecule has 0 amide bonds. The number of hydrogen-bond donors (Lipinski definition) is 0. The van der Waals surface area contributed by atoms with Gasteiger partial charge in [0, 0.05) is 39.2 Å². The number of nitrogens with zero attached hydrogens (tertiary/aromatic N) is 2. The number of anilines is 3. The van der Waals surface area contributed by atoms with Gasteiger partial charge in [-0.1, -0.05) is 78.9 Å². The summed E-state index contributed by atoms with van der Waals surface area (Å²) in [5, 5.41) is 4.24. The molecule has 3 aromatic heterocycles. The van der Waals surface area contributed by atoms with Crippen molar-refractivity contribution in [1.29, 1.82) is 0 Å². The van der Waals surface area contributed by atoms with Crippen LogP contribution in [0.5, 0.6) is 0 Å². The molecule has 0 saturated carbocycles. The lowest BCUT2D eigenvalue weighted by Gasteiger charge is -2.26. The third-order valence-corrected chi connectivity index (χ3v) is 9.10. The largest absolute Gasteiger partial charge is 0.456 e. The van der Waals surface area contributed by atoms with Crippen LogP contribution < -0.4 is 4.90 Å². The number of rotatable bonds is 5. The van der Waals surface area contributed by atoms with E-state index in [0.717, 1.165) is 88.7 Å². The first-order chi connectivity index (χ1) is 23.8. The Morgan fingerprint density at radius 3 is 1.94 bits per heavy atom. The van der Waals surface area contributed by atoms with E-state index in [-0.39, 0.29) is 0 Å². The molecule has 0 radical (unpaired) electrons. The third kappa shape index (κ3) is 4.22. The molecule has 0 unspecified atom stereocenters. The van der Waals surface area contributed by atoms with Gasteiger partial charge in [-0.25, -0.2) is 4.98 Å². The van der Waals surface area contributed by atoms with Crippen LogP contribution in [0.25, 0.3) is 77.6 Å². The van der Waals surface area contributed by atoms with E-state index in [1.807, 2.05) is 66.7 Å². The van der Waals surface area contributed by atoms with E-state index in [9.17, 15) is 0 Å². The average Bonchev–Trinajstić information content (AvgIpc) is 3.84. The molecule has 10 rings (SSSR count). The van der Waals surface area contributed by atoms with Crippen molar-refractivity contribution < 1.29 is 13.3 Å². The van der Waals surface area contributed by atoms with Gasteiger partial charge >= 0.3 is 0 Å². The summed E-state index contributed by atoms with van der Waals surface area (Å²) in [5.41, 5.74) is 11.2. The van der Waals surface area contributed by atoms with E-state index in [1.54, 1.807) is 0 Å². The molecule has 0 N–H and O–H groups in total. The number of hydrogen-bond acceptors (Lipinski definition) is 5. The quantitative estimate of drug-likeness (QED) is 0.192. The van der Waals surface area contributed by atoms with Gasteiger partial charge in [-0.2, -0.15) is 0 Å². The molecular weight excluding hydrogens is 592 g/mol. The number of oxazole rings is 1. The maximum Gasteiger partial charge on any atom is 0.227 e. The first-order valence-corrected chi connectivity index (χ1v) is 15.9. The SMILES string of the molecule is c1ccc(-c2nc3cc4oc5cc(-c6ccc(N(c7ccccc7)c7cccc8oc9ccccc9c78)cc6)ccc5c4cc3o2)cc1. The zero-order chi connectivity index (χ0) is 31.6. The van der Waals surface area contributed by atoms with Gasteiger partial charge in [0.1, 0.15) is 27.8 Å². The Morgan fingerprint density at radius 2 is 1.08 bits per heavy atom. The zero-order valence-electron chi connectivity index (χ0n) is 25.6. The summed E-state index contributed by atoms with van der Waals surface area (Å²) in [6.45, 7) is 0. The van der Waals surface area contributed by atoms with Gasteiger partial charge in [0.25, 0.3) is 0 Å². The van der Waals surface area contributed by atoms with Gasteiger partial charge in [0.05, 0.1) is 11.1 Å². The molecule has 0 fully saturated rings. The summed E-state index contributed by atoms with van der Waals surface area (Å²) in [5.74, 6) is 0.605. The number of para-hydroxylation sites is 2. The highest BCUT2D eigenvalue weighted by Gasteiger charge is 2.19. The molecule has 0 saturated heterocycles. The van der Waals surface area contributed by atoms with E-state index >= 15 is 0 Å². The van der Waals surface area contributed by atoms with Crippen LogP contribution in [-0.4, -0.2) is 4.98 Å². The Bertz CT molecular complexity index is 2770. The van der Waals surface area contributed by atoms with Crippen molar-refractivity contribution in [3.05, 3.63) is 158 Å². The van der Waals surface area contributed by atoms with E-state index < -0.39 is 0 Å². The van der Waals surface area contributed by atoms with Crippen molar-refractivity contribution in [2.75, 3.05) is 4.90 Å². The van der Waals surface area contributed by atoms with E-state index in [0.29, 0.717) is 5.89 Å². The molecule has 7 aromatic carbocycles. The van der Waals surface area contributed by atoms with Crippen LogP contribution in [0.3, 0.4) is 0 Å². The summed E-state index contributed by atoms with van der Waals surface area (Å²) < 4.78 is 18.8. The Morgan fingerprint density at radius 1 is 0.396 bits per heavy atom. The summed E-state index contributed by atoms with van der Waals surface area (Å²) >= 11 is 0. The fourth-order valence-corrected chi connectivity index (χ4v) is 6.83. The molecule has 0 aliphatic rings. The van der Waals surface area contributed by atoms with E-state index in [4.69, 9.17) is 18.2 Å². The van der Waals surface area contributed by atoms with Crippen molar-refractivity contribution >= 4 is 72.0 Å². The van der Waals surface area contributed by atoms with Gasteiger partial charge < -0.3 is 18.2 Å². The molecule has 226 valence electrons. The van der Waals surface area contributed by atoms with Gasteiger partial charge in [0.2, 0.25) is 5.89 Å². The van der Waals surface area contributed by atoms with Crippen LogP contribution in [0.4, 0.5) is 17.1 Å². The summed E-state index contributed by atoms with van der Waals surface area (Å²) in [6.07, 6.45) is 0. The molecule has 0 aliphatic heterocycles. The second kappa shape index (κ2) is 10.5. The molecule has 0 bridgehead atoms. The Labute approximate surface area is 274 Å². The van der Waals surface area contributed by atoms with E-state index in [2.05, 4.69) is 95.9 Å². The standard InChI is InChI=1S/C43H26N2O3/c1-3-10-28(11-4-1)43-44-35-26-40-34(25-41(35)48-43)32-23-20-29(24-39(32)47-40)27-18-21-31(22-19-27)45(30-12-5-2-6-13-30)36-15-9-17-38-42(36)33-14-7-8-16-37(33)46-38/h1-26H. The highest BCUT2D eigenvalue weighted by Crippen LogP contribution is 2.43. The van der Waals surface area contributed by atoms with Gasteiger partial charge in [0.15, 0.2) is 5.58 Å². The summed E-state index contributed by atoms with van der Waals surface area (Å²) in [6, 6.07) is 54.0. The predicted octanol–water partition coefficient (Wildman–Crippen LogP) is 12.4. The third-order valence-electron chi connectivity index (χ3n) is 9.10. The lowest BCUT2D eigenvalue weighted by molar-refractivity contribution is 0.620. The monoisotopic (exact) mass is 618 g/mol. The maximum absolute atomic E-state index is 6.38. The van der Waals surface area contributed by atoms with Crippen LogP contribution in [0.1, 0.15) is 0 Å². The first kappa shape index (κ1) is 26.6. The minimum absolute atomic E-state index is 0.605. The molecule has 10 aromatic rings. The molecule has 5 nitrogen and oxygen atoms in total. The lowest BCUT2D eigenvalue weighted by atomic mass is 10.0. The Kier molecular flexibility index (Phi) is 5.81. The number of furan rings is 2. The van der Waals surface area contributed by atoms with Gasteiger partial charge in [-0.15, -0.1) is 0 Å². The van der Waals surface area contributed by atoms with Crippen LogP contribution >= 0.6 is 0 Å². The van der Waals surface area contributed by atoms with Crippen molar-refractivity contribution in [2.45, 2.75) is 0 Å². The second-order valence-corrected chi connectivity index (χ2v) is 12.0. The fourth-order valence-electron chi connectivity index (χ4n) is 6.83. The zero-order valence-corrected chi connectivity index (χ0v) is 25.6. The summed E-state index contributed by atoms with van der Waals surface area (Å²) in [4.78, 5) is 7.02. The molecule has 48 heavy (non-hydrogen) atoms. The number of fused-ring (bicyclic) bond motifs is 7. The van der Waals surface area contributed by atoms with Crippen LogP contribution in [0, 0.1) is 0 Å². The highest BCUT2D eigenvalue weighted by molar-refractivity contribution is 6.13. The summed E-state index contributed by atoms with van der Waals surface area (Å²) in [7, 11) is 0. The van der Waals surface area contributed by atoms with Gasteiger partial charge in [-0.05, 0) is 83.9 Å². The van der Waals surface area contributed by atoms with Crippen molar-refractivity contribution in [1.82, 2.24) is 4.98 Å². The molecule has 0 atom stereocenters. The Balaban J connectivity index is 1.04. The predicted molar refractivity (Wildman–Crippen MR) is 194 cm³/mol. The van der Waals surface area contributed by atoms with Crippen LogP contribution in [-0.2, 0) is 0 Å². The van der Waals surface area contributed by atoms with Crippen molar-refractivity contribution in [3.63, 3.8) is 0 Å². The first-order valence-electron chi connectivity index (χ1n) is 15.9. The Hall–Kier alpha value is -6.59. The average molecular weight is 619 g/mol. The van der Waals surface area contributed by atoms with Crippen LogP contribution in [0.2, 0.25) is 0 Å². The molecular formula is C43H26N2O3. The molecule has 3 heterocycles. The normalized spacial score (nSPS) is 11.8. The minimum atomic E-state index is 0.605. The smallest absolute Gasteiger partial charge is 0.227 e. The lowest BCUT2D eigenvalue weighted by Crippen LogP contribution is -2.10. The number of aromatic nitrogens is 1. The maximum atomic E-state index is 6.38. The van der Waals surface area contributed by atoms with Crippen LogP contribution in [0.15, 0.2) is 171 Å². The topological polar surface area (TPSA) is 55.6 Å². The number of benzene rings is 7. The molecule has 0 spiro atoms. The molecule has 5 heteroatoms. The second-order valence-electron chi connectivity index (χ2n) is 12.0. The molecule has 0 aliphatic carbocycles. The van der Waals surface area contributed by atoms with Crippen molar-refractivity contribution in [2.24, 2.45) is 0 Å². The van der Waals surface area contributed by atoms with E-state index in [1.165, 1.54) is 0 Å². The van der Waals surface area contributed by atoms with Gasteiger partial charge in [-0.3, -0.25) is 0 Å². The minimum Gasteiger partial charge on any atom is -0.456 e. The van der Waals surface area contributed by atoms with Crippen molar-refractivity contribution in [3.8, 4) is 22.6 Å². The fraction of sp³-hybridized carbons (Fsp3) is 0. The highest BCUT2D eigenvalue weighted by atomic mass is 16.4.